The van der Waals surface area contributed by atoms with Crippen LogP contribution in [0.15, 0.2) is 70.5 Å². The molecule has 0 radical (unpaired) electrons. The van der Waals surface area contributed by atoms with E-state index in [0.717, 1.165) is 22.2 Å². The van der Waals surface area contributed by atoms with Gasteiger partial charge >= 0.3 is 5.69 Å². The van der Waals surface area contributed by atoms with Crippen LogP contribution in [-0.2, 0) is 17.8 Å². The fourth-order valence-corrected chi connectivity index (χ4v) is 5.18. The molecule has 2 heterocycles. The van der Waals surface area contributed by atoms with Gasteiger partial charge in [0.25, 0.3) is 0 Å². The number of benzene rings is 3. The number of aliphatic hydroxyl groups excluding tert-OH is 1. The molecule has 0 saturated heterocycles. The third-order valence-corrected chi connectivity index (χ3v) is 7.36. The van der Waals surface area contributed by atoms with Gasteiger partial charge < -0.3 is 15.4 Å². The largest absolute Gasteiger partial charge is 0.396 e. The number of rotatable bonds is 7. The topological polar surface area (TPSA) is 99.5 Å². The Balaban J connectivity index is 1.44. The maximum atomic E-state index is 13.3. The number of halogens is 1. The molecule has 7 nitrogen and oxygen atoms in total. The van der Waals surface area contributed by atoms with Crippen LogP contribution in [0.3, 0.4) is 0 Å². The zero-order valence-electron chi connectivity index (χ0n) is 20.2. The molecule has 1 aliphatic heterocycles. The molecule has 1 saturated carbocycles. The van der Waals surface area contributed by atoms with Crippen LogP contribution >= 0.6 is 11.6 Å². The quantitative estimate of drug-likeness (QED) is 0.335. The van der Waals surface area contributed by atoms with Crippen molar-refractivity contribution in [3.8, 4) is 0 Å². The number of nitrogens with zero attached hydrogens (tertiary/aromatic N) is 2. The van der Waals surface area contributed by atoms with Crippen LogP contribution < -0.4 is 11.0 Å². The molecule has 1 aromatic heterocycles. The number of imidazole rings is 1. The first-order valence-electron chi connectivity index (χ1n) is 12.6. The lowest BCUT2D eigenvalue weighted by atomic mass is 9.99. The summed E-state index contributed by atoms with van der Waals surface area (Å²) in [5, 5.41) is 12.9. The Bertz CT molecular complexity index is 1580. The third-order valence-electron chi connectivity index (χ3n) is 7.13. The molecule has 4 aromatic rings. The molecule has 1 aliphatic carbocycles. The number of anilines is 1. The van der Waals surface area contributed by atoms with Gasteiger partial charge in [-0.15, -0.1) is 0 Å². The van der Waals surface area contributed by atoms with E-state index in [4.69, 9.17) is 16.6 Å². The normalized spacial score (nSPS) is 17.3. The van der Waals surface area contributed by atoms with E-state index in [1.54, 1.807) is 16.7 Å². The molecular formula is C29H27ClN4O3. The first-order chi connectivity index (χ1) is 18.0. The summed E-state index contributed by atoms with van der Waals surface area (Å²) in [6.07, 6.45) is 3.43. The second kappa shape index (κ2) is 9.65. The van der Waals surface area contributed by atoms with E-state index in [2.05, 4.69) is 34.6 Å². The summed E-state index contributed by atoms with van der Waals surface area (Å²) in [7, 11) is 0. The lowest BCUT2D eigenvalue weighted by Gasteiger charge is -2.12. The number of hydrogen-bond acceptors (Lipinski definition) is 4. The second-order valence-corrected chi connectivity index (χ2v) is 10.2. The predicted octanol–water partition coefficient (Wildman–Crippen LogP) is 4.64. The summed E-state index contributed by atoms with van der Waals surface area (Å²) in [6.45, 7) is 0.391. The number of fused-ring (bicyclic) bond motifs is 2. The van der Waals surface area contributed by atoms with Crippen molar-refractivity contribution in [2.24, 2.45) is 4.99 Å². The molecule has 188 valence electrons. The van der Waals surface area contributed by atoms with Crippen LogP contribution in [0.4, 0.5) is 5.69 Å². The van der Waals surface area contributed by atoms with Crippen LogP contribution in [0.5, 0.6) is 0 Å². The van der Waals surface area contributed by atoms with Crippen molar-refractivity contribution in [3.05, 3.63) is 98.4 Å². The summed E-state index contributed by atoms with van der Waals surface area (Å²) in [4.78, 5) is 33.7. The maximum absolute atomic E-state index is 13.3. The molecule has 2 aliphatic rings. The van der Waals surface area contributed by atoms with E-state index in [9.17, 15) is 14.7 Å². The number of benzodiazepines with no additional fused rings is 1. The number of carbonyl (C=O) groups excluding carboxylic acids is 1. The molecule has 0 bridgehead atoms. The Labute approximate surface area is 218 Å². The van der Waals surface area contributed by atoms with Crippen molar-refractivity contribution < 1.29 is 9.90 Å². The van der Waals surface area contributed by atoms with Crippen LogP contribution in [0.25, 0.3) is 11.0 Å². The number of H-pyrrole nitrogens is 1. The highest BCUT2D eigenvalue weighted by atomic mass is 35.5. The Hall–Kier alpha value is -3.68. The second-order valence-electron chi connectivity index (χ2n) is 9.78. The number of aliphatic hydroxyl groups is 1. The van der Waals surface area contributed by atoms with Crippen LogP contribution in [-0.4, -0.2) is 38.9 Å². The fourth-order valence-electron chi connectivity index (χ4n) is 5.01. The summed E-state index contributed by atoms with van der Waals surface area (Å²) in [5.41, 5.74) is 6.39. The van der Waals surface area contributed by atoms with E-state index in [-0.39, 0.29) is 18.2 Å². The molecule has 37 heavy (non-hydrogen) atoms. The molecular weight excluding hydrogens is 488 g/mol. The Morgan fingerprint density at radius 2 is 1.84 bits per heavy atom. The summed E-state index contributed by atoms with van der Waals surface area (Å²) in [6, 6.07) is 18.9. The average molecular weight is 515 g/mol. The summed E-state index contributed by atoms with van der Waals surface area (Å²) < 4.78 is 1.62. The van der Waals surface area contributed by atoms with Gasteiger partial charge in [-0.05, 0) is 66.6 Å². The summed E-state index contributed by atoms with van der Waals surface area (Å²) in [5.74, 6) is 0.504. The first-order valence-corrected chi connectivity index (χ1v) is 13.0. The van der Waals surface area contributed by atoms with Gasteiger partial charge in [-0.2, -0.15) is 0 Å². The third kappa shape index (κ3) is 4.72. The van der Waals surface area contributed by atoms with Gasteiger partial charge in [0, 0.05) is 35.7 Å². The molecule has 6 rings (SSSR count). The number of amides is 1. The number of aromatic amines is 1. The van der Waals surface area contributed by atoms with Gasteiger partial charge in [0.1, 0.15) is 6.04 Å². The van der Waals surface area contributed by atoms with Gasteiger partial charge in [0.2, 0.25) is 5.91 Å². The molecule has 8 heteroatoms. The summed E-state index contributed by atoms with van der Waals surface area (Å²) >= 11 is 6.37. The van der Waals surface area contributed by atoms with Crippen molar-refractivity contribution in [3.63, 3.8) is 0 Å². The molecule has 1 atom stereocenters. The highest BCUT2D eigenvalue weighted by Gasteiger charge is 2.27. The lowest BCUT2D eigenvalue weighted by molar-refractivity contribution is -0.117. The SMILES string of the molecule is O=C1Nc2ccc(Cl)cc2C(c2ccc3[nH]c(=O)n(CCCO)c3c2)=NC1Cc1ccc(C2CC2)cc1. The van der Waals surface area contributed by atoms with E-state index in [1.807, 2.05) is 24.3 Å². The van der Waals surface area contributed by atoms with Gasteiger partial charge in [-0.25, -0.2) is 4.79 Å². The fraction of sp³-hybridized carbons (Fsp3) is 0.276. The molecule has 0 spiro atoms. The van der Waals surface area contributed by atoms with Crippen molar-refractivity contribution >= 4 is 39.9 Å². The van der Waals surface area contributed by atoms with Gasteiger partial charge in [-0.1, -0.05) is 41.9 Å². The van der Waals surface area contributed by atoms with Crippen molar-refractivity contribution in [1.29, 1.82) is 0 Å². The van der Waals surface area contributed by atoms with Gasteiger partial charge in [-0.3, -0.25) is 14.4 Å². The number of nitrogens with one attached hydrogen (secondary N) is 2. The van der Waals surface area contributed by atoms with Crippen LogP contribution in [0.2, 0.25) is 5.02 Å². The Morgan fingerprint density at radius 1 is 1.03 bits per heavy atom. The minimum absolute atomic E-state index is 0.00547. The highest BCUT2D eigenvalue weighted by Crippen LogP contribution is 2.40. The lowest BCUT2D eigenvalue weighted by Crippen LogP contribution is -2.27. The van der Waals surface area contributed by atoms with Crippen molar-refractivity contribution in [2.75, 3.05) is 11.9 Å². The zero-order valence-corrected chi connectivity index (χ0v) is 21.0. The van der Waals surface area contributed by atoms with E-state index in [1.165, 1.54) is 18.4 Å². The highest BCUT2D eigenvalue weighted by molar-refractivity contribution is 6.32. The first kappa shape index (κ1) is 23.7. The van der Waals surface area contributed by atoms with E-state index in [0.29, 0.717) is 47.2 Å². The molecule has 3 aromatic carbocycles. The Kier molecular flexibility index (Phi) is 6.18. The predicted molar refractivity (Wildman–Crippen MR) is 146 cm³/mol. The average Bonchev–Trinajstić information content (AvgIpc) is 3.71. The van der Waals surface area contributed by atoms with Crippen LogP contribution in [0, 0.1) is 0 Å². The zero-order chi connectivity index (χ0) is 25.5. The minimum atomic E-state index is -0.633. The number of aromatic nitrogens is 2. The minimum Gasteiger partial charge on any atom is -0.396 e. The molecule has 1 fully saturated rings. The number of aryl methyl sites for hydroxylation is 1. The number of aliphatic imine (C=N–C) groups is 1. The number of carbonyl (C=O) groups is 1. The smallest absolute Gasteiger partial charge is 0.326 e. The van der Waals surface area contributed by atoms with E-state index < -0.39 is 6.04 Å². The van der Waals surface area contributed by atoms with Crippen molar-refractivity contribution in [2.45, 2.75) is 44.2 Å². The molecule has 1 amide bonds. The van der Waals surface area contributed by atoms with E-state index >= 15 is 0 Å². The van der Waals surface area contributed by atoms with Gasteiger partial charge in [0.15, 0.2) is 0 Å². The number of hydrogen-bond donors (Lipinski definition) is 3. The monoisotopic (exact) mass is 514 g/mol. The van der Waals surface area contributed by atoms with Crippen molar-refractivity contribution in [1.82, 2.24) is 9.55 Å². The van der Waals surface area contributed by atoms with Crippen LogP contribution in [0.1, 0.15) is 47.4 Å². The standard InChI is InChI=1S/C29H27ClN4O3/c30-21-9-11-23-22(16-21)27(20-8-10-24-26(15-20)34(12-1-13-35)29(37)33-24)31-25(28(36)32-23)14-17-2-4-18(5-3-17)19-6-7-19/h2-5,8-11,15-16,19,25,35H,1,6-7,12-14H2,(H,32,36)(H,33,37). The Morgan fingerprint density at radius 3 is 2.59 bits per heavy atom. The molecule has 1 unspecified atom stereocenters. The maximum Gasteiger partial charge on any atom is 0.326 e. The molecule has 3 N–H and O–H groups in total. The van der Waals surface area contributed by atoms with Gasteiger partial charge in [0.05, 0.1) is 22.4 Å².